The number of aromatic carboxylic acids is 1. The number of hydrogen-bond donors (Lipinski definition) is 1. The minimum absolute atomic E-state index is 0.0616. The molecule has 1 aromatic rings. The van der Waals surface area contributed by atoms with Crippen molar-refractivity contribution in [3.05, 3.63) is 28.8 Å². The Kier molecular flexibility index (Phi) is 5.32. The largest absolute Gasteiger partial charge is 0.478 e. The molecule has 0 fully saturated rings. The van der Waals surface area contributed by atoms with Gasteiger partial charge in [0.15, 0.2) is 0 Å². The van der Waals surface area contributed by atoms with Crippen molar-refractivity contribution in [2.45, 2.75) is 4.90 Å². The van der Waals surface area contributed by atoms with Crippen LogP contribution in [-0.4, -0.2) is 62.3 Å². The van der Waals surface area contributed by atoms with E-state index in [9.17, 15) is 18.0 Å². The first-order valence-electron chi connectivity index (χ1n) is 5.76. The van der Waals surface area contributed by atoms with Crippen molar-refractivity contribution < 1.29 is 23.1 Å². The number of carboxylic acid groups (broad SMARTS) is 1. The smallest absolute Gasteiger partial charge is 0.337 e. The quantitative estimate of drug-likeness (QED) is 0.857. The molecule has 0 spiro atoms. The van der Waals surface area contributed by atoms with Crippen LogP contribution in [0, 0.1) is 0 Å². The molecule has 0 aliphatic rings. The Labute approximate surface area is 127 Å². The van der Waals surface area contributed by atoms with E-state index in [0.717, 1.165) is 10.4 Å². The Bertz CT molecular complexity index is 672. The summed E-state index contributed by atoms with van der Waals surface area (Å²) >= 11 is 5.70. The van der Waals surface area contributed by atoms with Crippen molar-refractivity contribution in [1.29, 1.82) is 0 Å². The van der Waals surface area contributed by atoms with E-state index in [1.54, 1.807) is 0 Å². The number of nitrogens with zero attached hydrogens (tertiary/aromatic N) is 2. The summed E-state index contributed by atoms with van der Waals surface area (Å²) in [6, 6.07) is 3.36. The third kappa shape index (κ3) is 3.93. The minimum atomic E-state index is -3.98. The zero-order chi connectivity index (χ0) is 16.4. The monoisotopic (exact) mass is 334 g/mol. The fraction of sp³-hybridized carbons (Fsp3) is 0.333. The lowest BCUT2D eigenvalue weighted by Crippen LogP contribution is -2.37. The van der Waals surface area contributed by atoms with Gasteiger partial charge in [-0.15, -0.1) is 0 Å². The molecule has 1 N–H and O–H groups in total. The Morgan fingerprint density at radius 2 is 1.81 bits per heavy atom. The molecule has 1 amide bonds. The number of carbonyl (C=O) groups excluding carboxylic acids is 1. The summed E-state index contributed by atoms with van der Waals surface area (Å²) in [6.07, 6.45) is 0. The Balaban J connectivity index is 3.16. The SMILES string of the molecule is CN(C)C(=O)CN(C)S(=O)(=O)c1ccc(Cl)c(C(=O)O)c1. The molecule has 1 rings (SSSR count). The molecule has 116 valence electrons. The molecule has 0 aliphatic heterocycles. The van der Waals surface area contributed by atoms with E-state index in [4.69, 9.17) is 16.7 Å². The molecule has 0 unspecified atom stereocenters. The Morgan fingerprint density at radius 1 is 1.24 bits per heavy atom. The highest BCUT2D eigenvalue weighted by Crippen LogP contribution is 2.22. The first-order valence-corrected chi connectivity index (χ1v) is 7.58. The summed E-state index contributed by atoms with van der Waals surface area (Å²) in [4.78, 5) is 23.6. The van der Waals surface area contributed by atoms with Crippen molar-refractivity contribution in [2.24, 2.45) is 0 Å². The van der Waals surface area contributed by atoms with Crippen LogP contribution >= 0.6 is 11.6 Å². The van der Waals surface area contributed by atoms with E-state index in [2.05, 4.69) is 0 Å². The molecule has 1 aromatic carbocycles. The Hall–Kier alpha value is -1.64. The summed E-state index contributed by atoms with van der Waals surface area (Å²) in [7, 11) is 0.280. The van der Waals surface area contributed by atoms with Crippen LogP contribution in [0.15, 0.2) is 23.1 Å². The molecule has 0 bridgehead atoms. The highest BCUT2D eigenvalue weighted by molar-refractivity contribution is 7.89. The van der Waals surface area contributed by atoms with Gasteiger partial charge in [-0.05, 0) is 18.2 Å². The van der Waals surface area contributed by atoms with Crippen molar-refractivity contribution in [3.63, 3.8) is 0 Å². The van der Waals surface area contributed by atoms with E-state index in [1.807, 2.05) is 0 Å². The molecule has 0 heterocycles. The van der Waals surface area contributed by atoms with E-state index in [1.165, 1.54) is 38.2 Å². The number of hydrogen-bond acceptors (Lipinski definition) is 4. The molecule has 0 radical (unpaired) electrons. The number of carboxylic acids is 1. The van der Waals surface area contributed by atoms with Gasteiger partial charge >= 0.3 is 5.97 Å². The van der Waals surface area contributed by atoms with Crippen LogP contribution in [0.4, 0.5) is 0 Å². The van der Waals surface area contributed by atoms with Gasteiger partial charge in [0.1, 0.15) is 0 Å². The standard InChI is InChI=1S/C12H15ClN2O5S/c1-14(2)11(16)7-15(3)21(19,20)8-4-5-10(13)9(6-8)12(17)18/h4-6H,7H2,1-3H3,(H,17,18). The number of halogens is 1. The van der Waals surface area contributed by atoms with Crippen LogP contribution in [0.5, 0.6) is 0 Å². The molecule has 0 saturated heterocycles. The fourth-order valence-electron chi connectivity index (χ4n) is 1.43. The zero-order valence-corrected chi connectivity index (χ0v) is 13.3. The predicted molar refractivity (Wildman–Crippen MR) is 76.9 cm³/mol. The van der Waals surface area contributed by atoms with E-state index < -0.39 is 21.9 Å². The lowest BCUT2D eigenvalue weighted by atomic mass is 10.2. The second kappa shape index (κ2) is 6.42. The molecular weight excluding hydrogens is 320 g/mol. The number of benzene rings is 1. The van der Waals surface area contributed by atoms with Gasteiger partial charge in [-0.25, -0.2) is 13.2 Å². The van der Waals surface area contributed by atoms with Gasteiger partial charge in [0, 0.05) is 21.1 Å². The van der Waals surface area contributed by atoms with Gasteiger partial charge < -0.3 is 10.0 Å². The van der Waals surface area contributed by atoms with Crippen molar-refractivity contribution in [1.82, 2.24) is 9.21 Å². The van der Waals surface area contributed by atoms with Gasteiger partial charge in [-0.3, -0.25) is 4.79 Å². The van der Waals surface area contributed by atoms with E-state index >= 15 is 0 Å². The van der Waals surface area contributed by atoms with Gasteiger partial charge in [0.25, 0.3) is 0 Å². The van der Waals surface area contributed by atoms with Crippen molar-refractivity contribution in [2.75, 3.05) is 27.7 Å². The number of sulfonamides is 1. The Morgan fingerprint density at radius 3 is 2.29 bits per heavy atom. The topological polar surface area (TPSA) is 95.0 Å². The summed E-state index contributed by atoms with van der Waals surface area (Å²) in [6.45, 7) is -0.347. The maximum atomic E-state index is 12.3. The normalized spacial score (nSPS) is 11.5. The van der Waals surface area contributed by atoms with Crippen LogP contribution in [0.25, 0.3) is 0 Å². The average Bonchev–Trinajstić information content (AvgIpc) is 2.38. The maximum Gasteiger partial charge on any atom is 0.337 e. The fourth-order valence-corrected chi connectivity index (χ4v) is 2.77. The summed E-state index contributed by atoms with van der Waals surface area (Å²) in [5.74, 6) is -1.72. The maximum absolute atomic E-state index is 12.3. The van der Waals surface area contributed by atoms with Gasteiger partial charge in [0.2, 0.25) is 15.9 Å². The highest BCUT2D eigenvalue weighted by atomic mass is 35.5. The van der Waals surface area contributed by atoms with E-state index in [0.29, 0.717) is 0 Å². The first-order chi connectivity index (χ1) is 9.57. The molecule has 0 atom stereocenters. The molecule has 0 aromatic heterocycles. The molecule has 9 heteroatoms. The number of likely N-dealkylation sites (N-methyl/N-ethyl adjacent to an activating group) is 2. The molecule has 7 nitrogen and oxygen atoms in total. The third-order valence-corrected chi connectivity index (χ3v) is 4.86. The molecule has 0 aliphatic carbocycles. The summed E-state index contributed by atoms with van der Waals surface area (Å²) in [5.41, 5.74) is -0.315. The van der Waals surface area contributed by atoms with Crippen LogP contribution in [0.3, 0.4) is 0 Å². The van der Waals surface area contributed by atoms with Gasteiger partial charge in [-0.2, -0.15) is 4.31 Å². The lowest BCUT2D eigenvalue weighted by Gasteiger charge is -2.19. The zero-order valence-electron chi connectivity index (χ0n) is 11.7. The minimum Gasteiger partial charge on any atom is -0.478 e. The van der Waals surface area contributed by atoms with Gasteiger partial charge in [-0.1, -0.05) is 11.6 Å². The molecule has 0 saturated carbocycles. The summed E-state index contributed by atoms with van der Waals surface area (Å²) < 4.78 is 25.4. The second-order valence-electron chi connectivity index (χ2n) is 4.50. The predicted octanol–water partition coefficient (Wildman–Crippen LogP) is 0.747. The van der Waals surface area contributed by atoms with Crippen molar-refractivity contribution in [3.8, 4) is 0 Å². The van der Waals surface area contributed by atoms with Crippen LogP contribution in [-0.2, 0) is 14.8 Å². The van der Waals surface area contributed by atoms with Crippen LogP contribution in [0.2, 0.25) is 5.02 Å². The van der Waals surface area contributed by atoms with Crippen LogP contribution in [0.1, 0.15) is 10.4 Å². The van der Waals surface area contributed by atoms with Crippen LogP contribution < -0.4 is 0 Å². The molecule has 21 heavy (non-hydrogen) atoms. The first kappa shape index (κ1) is 17.4. The van der Waals surface area contributed by atoms with E-state index in [-0.39, 0.29) is 22.0 Å². The lowest BCUT2D eigenvalue weighted by molar-refractivity contribution is -0.128. The summed E-state index contributed by atoms with van der Waals surface area (Å²) in [5, 5.41) is 8.90. The second-order valence-corrected chi connectivity index (χ2v) is 6.95. The number of amides is 1. The third-order valence-electron chi connectivity index (χ3n) is 2.73. The molecular formula is C12H15ClN2O5S. The van der Waals surface area contributed by atoms with Gasteiger partial charge in [0.05, 0.1) is 22.0 Å². The average molecular weight is 335 g/mol. The number of carbonyl (C=O) groups is 2. The van der Waals surface area contributed by atoms with Crippen molar-refractivity contribution >= 4 is 33.5 Å². The number of rotatable bonds is 5. The highest BCUT2D eigenvalue weighted by Gasteiger charge is 2.25.